The van der Waals surface area contributed by atoms with E-state index in [1.54, 1.807) is 24.1 Å². The summed E-state index contributed by atoms with van der Waals surface area (Å²) >= 11 is 0. The van der Waals surface area contributed by atoms with Crippen LogP contribution < -0.4 is 10.6 Å². The van der Waals surface area contributed by atoms with E-state index in [0.717, 1.165) is 18.4 Å². The largest absolute Gasteiger partial charge is 0.353 e. The summed E-state index contributed by atoms with van der Waals surface area (Å²) in [5.41, 5.74) is 0.979. The summed E-state index contributed by atoms with van der Waals surface area (Å²) in [6, 6.07) is 6.37. The molecule has 1 saturated carbocycles. The molecule has 0 atom stereocenters. The number of benzene rings is 1. The molecule has 0 heterocycles. The molecule has 0 spiro atoms. The molecule has 0 unspecified atom stereocenters. The van der Waals surface area contributed by atoms with Crippen molar-refractivity contribution in [2.75, 3.05) is 20.1 Å². The molecule has 0 aliphatic heterocycles. The minimum atomic E-state index is -0.263. The summed E-state index contributed by atoms with van der Waals surface area (Å²) in [5.74, 6) is -0.267. The first-order chi connectivity index (χ1) is 11.5. The summed E-state index contributed by atoms with van der Waals surface area (Å²) in [6.07, 6.45) is 5.44. The van der Waals surface area contributed by atoms with Gasteiger partial charge in [-0.1, -0.05) is 25.0 Å². The minimum Gasteiger partial charge on any atom is -0.353 e. The van der Waals surface area contributed by atoms with Crippen molar-refractivity contribution in [1.29, 1.82) is 0 Å². The van der Waals surface area contributed by atoms with E-state index in [1.165, 1.54) is 25.0 Å². The van der Waals surface area contributed by atoms with E-state index in [4.69, 9.17) is 0 Å². The highest BCUT2D eigenvalue weighted by atomic mass is 19.1. The molecule has 1 aliphatic rings. The Balaban J connectivity index is 1.60. The van der Waals surface area contributed by atoms with Crippen LogP contribution in [0, 0.1) is 5.82 Å². The van der Waals surface area contributed by atoms with Gasteiger partial charge in [-0.05, 0) is 37.0 Å². The molecular formula is C18H26FN3O2. The van der Waals surface area contributed by atoms with Crippen LogP contribution in [0.15, 0.2) is 24.3 Å². The second-order valence-corrected chi connectivity index (χ2v) is 6.33. The van der Waals surface area contributed by atoms with Crippen LogP contribution in [-0.4, -0.2) is 43.0 Å². The summed E-state index contributed by atoms with van der Waals surface area (Å²) in [7, 11) is 1.71. The molecule has 0 radical (unpaired) electrons. The van der Waals surface area contributed by atoms with Crippen molar-refractivity contribution in [1.82, 2.24) is 15.5 Å². The van der Waals surface area contributed by atoms with Gasteiger partial charge in [0.25, 0.3) is 0 Å². The first-order valence-corrected chi connectivity index (χ1v) is 8.57. The number of nitrogens with zero attached hydrogens (tertiary/aromatic N) is 1. The van der Waals surface area contributed by atoms with Crippen molar-refractivity contribution in [3.63, 3.8) is 0 Å². The van der Waals surface area contributed by atoms with E-state index < -0.39 is 0 Å². The Kier molecular flexibility index (Phi) is 7.03. The predicted octanol–water partition coefficient (Wildman–Crippen LogP) is 2.46. The monoisotopic (exact) mass is 335 g/mol. The van der Waals surface area contributed by atoms with Crippen LogP contribution >= 0.6 is 0 Å². The van der Waals surface area contributed by atoms with Crippen LogP contribution in [0.1, 0.15) is 37.7 Å². The predicted molar refractivity (Wildman–Crippen MR) is 91.1 cm³/mol. The zero-order valence-electron chi connectivity index (χ0n) is 14.2. The number of carbonyl (C=O) groups excluding carboxylic acids is 2. The standard InChI is InChI=1S/C18H26FN3O2/c1-22(13-11-14-6-8-15(19)9-7-14)18(24)20-12-10-17(23)21-16-4-2-3-5-16/h6-9,16H,2-5,10-13H2,1H3,(H,20,24)(H,21,23). The van der Waals surface area contributed by atoms with Gasteiger partial charge in [0, 0.05) is 32.6 Å². The quantitative estimate of drug-likeness (QED) is 0.804. The first kappa shape index (κ1) is 18.2. The fourth-order valence-electron chi connectivity index (χ4n) is 2.84. The highest BCUT2D eigenvalue weighted by Crippen LogP contribution is 2.17. The Bertz CT molecular complexity index is 542. The summed E-state index contributed by atoms with van der Waals surface area (Å²) < 4.78 is 12.8. The number of rotatable bonds is 7. The van der Waals surface area contributed by atoms with E-state index >= 15 is 0 Å². The normalized spacial score (nSPS) is 14.4. The SMILES string of the molecule is CN(CCc1ccc(F)cc1)C(=O)NCCC(=O)NC1CCCC1. The molecule has 3 amide bonds. The average molecular weight is 335 g/mol. The Labute approximate surface area is 142 Å². The molecule has 1 aliphatic carbocycles. The van der Waals surface area contributed by atoms with Crippen molar-refractivity contribution in [3.8, 4) is 0 Å². The molecule has 0 aromatic heterocycles. The topological polar surface area (TPSA) is 61.4 Å². The number of likely N-dealkylation sites (N-methyl/N-ethyl adjacent to an activating group) is 1. The molecule has 24 heavy (non-hydrogen) atoms. The van der Waals surface area contributed by atoms with E-state index in [1.807, 2.05) is 0 Å². The van der Waals surface area contributed by atoms with Gasteiger partial charge in [0.15, 0.2) is 0 Å². The molecule has 0 bridgehead atoms. The average Bonchev–Trinajstić information content (AvgIpc) is 3.06. The number of urea groups is 1. The zero-order valence-corrected chi connectivity index (χ0v) is 14.2. The highest BCUT2D eigenvalue weighted by Gasteiger charge is 2.17. The number of halogens is 1. The molecule has 5 nitrogen and oxygen atoms in total. The lowest BCUT2D eigenvalue weighted by Gasteiger charge is -2.18. The van der Waals surface area contributed by atoms with Gasteiger partial charge in [-0.3, -0.25) is 4.79 Å². The van der Waals surface area contributed by atoms with Crippen LogP contribution in [0.2, 0.25) is 0 Å². The lowest BCUT2D eigenvalue weighted by Crippen LogP contribution is -2.41. The number of hydrogen-bond donors (Lipinski definition) is 2. The van der Waals surface area contributed by atoms with E-state index in [9.17, 15) is 14.0 Å². The van der Waals surface area contributed by atoms with Crippen LogP contribution in [0.25, 0.3) is 0 Å². The van der Waals surface area contributed by atoms with Gasteiger partial charge in [-0.25, -0.2) is 9.18 Å². The molecule has 1 aromatic rings. The second kappa shape index (κ2) is 9.25. The maximum Gasteiger partial charge on any atom is 0.317 e. The third kappa shape index (κ3) is 6.18. The molecule has 0 saturated heterocycles. The van der Waals surface area contributed by atoms with E-state index in [2.05, 4.69) is 10.6 Å². The van der Waals surface area contributed by atoms with E-state index in [-0.39, 0.29) is 17.8 Å². The van der Waals surface area contributed by atoms with Gasteiger partial charge in [0.2, 0.25) is 5.91 Å². The Morgan fingerprint density at radius 2 is 1.88 bits per heavy atom. The van der Waals surface area contributed by atoms with E-state index in [0.29, 0.717) is 32.0 Å². The fraction of sp³-hybridized carbons (Fsp3) is 0.556. The summed E-state index contributed by atoms with van der Waals surface area (Å²) in [5, 5.41) is 5.75. The lowest BCUT2D eigenvalue weighted by molar-refractivity contribution is -0.121. The van der Waals surface area contributed by atoms with Crippen LogP contribution in [-0.2, 0) is 11.2 Å². The molecule has 132 valence electrons. The molecule has 1 aromatic carbocycles. The van der Waals surface area contributed by atoms with Crippen molar-refractivity contribution in [2.24, 2.45) is 0 Å². The lowest BCUT2D eigenvalue weighted by atomic mass is 10.1. The van der Waals surface area contributed by atoms with Gasteiger partial charge < -0.3 is 15.5 Å². The smallest absolute Gasteiger partial charge is 0.317 e. The fourth-order valence-corrected chi connectivity index (χ4v) is 2.84. The van der Waals surface area contributed by atoms with Crippen molar-refractivity contribution < 1.29 is 14.0 Å². The number of amides is 3. The van der Waals surface area contributed by atoms with Gasteiger partial charge in [0.05, 0.1) is 0 Å². The second-order valence-electron chi connectivity index (χ2n) is 6.33. The first-order valence-electron chi connectivity index (χ1n) is 8.57. The van der Waals surface area contributed by atoms with Crippen LogP contribution in [0.4, 0.5) is 9.18 Å². The van der Waals surface area contributed by atoms with Crippen LogP contribution in [0.3, 0.4) is 0 Å². The number of hydrogen-bond acceptors (Lipinski definition) is 2. The maximum atomic E-state index is 12.8. The third-order valence-electron chi connectivity index (χ3n) is 4.34. The Hall–Kier alpha value is -2.11. The molecule has 2 rings (SSSR count). The Morgan fingerprint density at radius 3 is 2.54 bits per heavy atom. The molecule has 1 fully saturated rings. The zero-order chi connectivity index (χ0) is 17.4. The molecular weight excluding hydrogens is 309 g/mol. The van der Waals surface area contributed by atoms with Crippen molar-refractivity contribution in [2.45, 2.75) is 44.6 Å². The van der Waals surface area contributed by atoms with Crippen LogP contribution in [0.5, 0.6) is 0 Å². The van der Waals surface area contributed by atoms with Gasteiger partial charge in [-0.15, -0.1) is 0 Å². The number of nitrogens with one attached hydrogen (secondary N) is 2. The van der Waals surface area contributed by atoms with Gasteiger partial charge in [-0.2, -0.15) is 0 Å². The number of carbonyl (C=O) groups is 2. The minimum absolute atomic E-state index is 0.00355. The molecule has 2 N–H and O–H groups in total. The Morgan fingerprint density at radius 1 is 1.21 bits per heavy atom. The third-order valence-corrected chi connectivity index (χ3v) is 4.34. The van der Waals surface area contributed by atoms with Crippen molar-refractivity contribution >= 4 is 11.9 Å². The summed E-state index contributed by atoms with van der Waals surface area (Å²) in [6.45, 7) is 0.865. The highest BCUT2D eigenvalue weighted by molar-refractivity contribution is 5.78. The summed E-state index contributed by atoms with van der Waals surface area (Å²) in [4.78, 5) is 25.3. The molecule has 6 heteroatoms. The maximum absolute atomic E-state index is 12.8. The van der Waals surface area contributed by atoms with Crippen molar-refractivity contribution in [3.05, 3.63) is 35.6 Å². The van der Waals surface area contributed by atoms with Gasteiger partial charge in [0.1, 0.15) is 5.82 Å². The van der Waals surface area contributed by atoms with Gasteiger partial charge >= 0.3 is 6.03 Å².